The summed E-state index contributed by atoms with van der Waals surface area (Å²) in [5, 5.41) is 2.49. The van der Waals surface area contributed by atoms with Gasteiger partial charge < -0.3 is 10.1 Å². The quantitative estimate of drug-likeness (QED) is 0.787. The largest absolute Gasteiger partial charge is 0.493 e. The van der Waals surface area contributed by atoms with Crippen LogP contribution in [0.25, 0.3) is 0 Å². The van der Waals surface area contributed by atoms with Gasteiger partial charge in [0.25, 0.3) is 0 Å². The second-order valence-electron chi connectivity index (χ2n) is 6.70. The first-order valence-electron chi connectivity index (χ1n) is 9.18. The second kappa shape index (κ2) is 8.06. The number of para-hydroxylation sites is 2. The summed E-state index contributed by atoms with van der Waals surface area (Å²) in [6.07, 6.45) is 0.821. The van der Waals surface area contributed by atoms with Crippen molar-refractivity contribution in [3.63, 3.8) is 0 Å². The van der Waals surface area contributed by atoms with E-state index in [0.29, 0.717) is 18.7 Å². The van der Waals surface area contributed by atoms with Crippen LogP contribution in [-0.4, -0.2) is 35.3 Å². The Morgan fingerprint density at radius 2 is 1.86 bits per heavy atom. The summed E-state index contributed by atoms with van der Waals surface area (Å²) in [7, 11) is 0. The van der Waals surface area contributed by atoms with E-state index in [1.165, 1.54) is 16.7 Å². The van der Waals surface area contributed by atoms with Gasteiger partial charge in [0, 0.05) is 18.4 Å². The number of carbonyl (C=O) groups is 3. The van der Waals surface area contributed by atoms with E-state index in [2.05, 4.69) is 5.32 Å². The molecule has 2 atom stereocenters. The summed E-state index contributed by atoms with van der Waals surface area (Å²) < 4.78 is 5.61. The molecular formula is C21H20N2O4S. The molecule has 2 aliphatic rings. The van der Waals surface area contributed by atoms with Crippen LogP contribution in [0.3, 0.4) is 0 Å². The maximum Gasteiger partial charge on any atom is 0.247 e. The van der Waals surface area contributed by atoms with Crippen LogP contribution in [0, 0.1) is 0 Å². The minimum atomic E-state index is -0.527. The standard InChI is InChI=1S/C21H20N2O4S/c24-19(22-16-10-11-27-17-9-5-4-8-15(16)17)13-28-18-12-20(25)23(21(18)26)14-6-2-1-3-7-14/h1-9,16,18H,10-13H2,(H,22,24)/t16-,18-/m1/s1. The monoisotopic (exact) mass is 396 g/mol. The topological polar surface area (TPSA) is 75.7 Å². The summed E-state index contributed by atoms with van der Waals surface area (Å²) >= 11 is 1.22. The Kier molecular flexibility index (Phi) is 5.34. The molecule has 1 saturated heterocycles. The molecular weight excluding hydrogens is 376 g/mol. The number of anilines is 1. The van der Waals surface area contributed by atoms with Crippen LogP contribution in [0.15, 0.2) is 54.6 Å². The highest BCUT2D eigenvalue weighted by Crippen LogP contribution is 2.32. The van der Waals surface area contributed by atoms with Gasteiger partial charge in [-0.15, -0.1) is 11.8 Å². The highest BCUT2D eigenvalue weighted by Gasteiger charge is 2.40. The van der Waals surface area contributed by atoms with Gasteiger partial charge in [0.1, 0.15) is 5.75 Å². The Labute approximate surface area is 167 Å². The fourth-order valence-electron chi connectivity index (χ4n) is 3.49. The second-order valence-corrected chi connectivity index (χ2v) is 7.89. The van der Waals surface area contributed by atoms with E-state index in [9.17, 15) is 14.4 Å². The van der Waals surface area contributed by atoms with Crippen molar-refractivity contribution in [1.29, 1.82) is 0 Å². The van der Waals surface area contributed by atoms with E-state index >= 15 is 0 Å². The van der Waals surface area contributed by atoms with Crippen molar-refractivity contribution >= 4 is 35.2 Å². The molecule has 2 aromatic rings. The molecule has 0 unspecified atom stereocenters. The fraction of sp³-hybridized carbons (Fsp3) is 0.286. The van der Waals surface area contributed by atoms with Crippen molar-refractivity contribution in [1.82, 2.24) is 5.32 Å². The van der Waals surface area contributed by atoms with Crippen molar-refractivity contribution in [2.45, 2.75) is 24.1 Å². The third kappa shape index (κ3) is 3.75. The molecule has 7 heteroatoms. The first-order valence-corrected chi connectivity index (χ1v) is 10.2. The highest BCUT2D eigenvalue weighted by molar-refractivity contribution is 8.01. The molecule has 6 nitrogen and oxygen atoms in total. The van der Waals surface area contributed by atoms with Crippen molar-refractivity contribution in [2.75, 3.05) is 17.3 Å². The number of carbonyl (C=O) groups excluding carboxylic acids is 3. The zero-order valence-electron chi connectivity index (χ0n) is 15.2. The molecule has 0 aromatic heterocycles. The zero-order valence-corrected chi connectivity index (χ0v) is 16.0. The molecule has 2 aliphatic heterocycles. The van der Waals surface area contributed by atoms with Gasteiger partial charge >= 0.3 is 0 Å². The van der Waals surface area contributed by atoms with Gasteiger partial charge in [-0.2, -0.15) is 0 Å². The molecule has 1 N–H and O–H groups in total. The van der Waals surface area contributed by atoms with Crippen LogP contribution < -0.4 is 15.0 Å². The van der Waals surface area contributed by atoms with Crippen LogP contribution >= 0.6 is 11.8 Å². The highest BCUT2D eigenvalue weighted by atomic mass is 32.2. The number of thioether (sulfide) groups is 1. The van der Waals surface area contributed by atoms with Crippen molar-refractivity contribution in [3.05, 3.63) is 60.2 Å². The van der Waals surface area contributed by atoms with Crippen LogP contribution in [0.5, 0.6) is 5.75 Å². The average Bonchev–Trinajstić information content (AvgIpc) is 3.00. The third-order valence-electron chi connectivity index (χ3n) is 4.83. The summed E-state index contributed by atoms with van der Waals surface area (Å²) in [6, 6.07) is 16.4. The molecule has 2 aromatic carbocycles. The molecule has 1 fully saturated rings. The number of nitrogens with one attached hydrogen (secondary N) is 1. The number of benzene rings is 2. The molecule has 0 saturated carbocycles. The Balaban J connectivity index is 1.35. The van der Waals surface area contributed by atoms with Crippen LogP contribution in [-0.2, 0) is 14.4 Å². The van der Waals surface area contributed by atoms with E-state index in [0.717, 1.165) is 11.3 Å². The summed E-state index contributed by atoms with van der Waals surface area (Å²) in [6.45, 7) is 0.552. The maximum atomic E-state index is 12.6. The minimum absolute atomic E-state index is 0.0974. The van der Waals surface area contributed by atoms with E-state index in [4.69, 9.17) is 4.74 Å². The lowest BCUT2D eigenvalue weighted by Crippen LogP contribution is -2.34. The number of hydrogen-bond acceptors (Lipinski definition) is 5. The Morgan fingerprint density at radius 3 is 2.68 bits per heavy atom. The molecule has 28 heavy (non-hydrogen) atoms. The van der Waals surface area contributed by atoms with Crippen LogP contribution in [0.4, 0.5) is 5.69 Å². The smallest absolute Gasteiger partial charge is 0.247 e. The van der Waals surface area contributed by atoms with Gasteiger partial charge in [0.2, 0.25) is 17.7 Å². The fourth-order valence-corrected chi connectivity index (χ4v) is 4.43. The number of fused-ring (bicyclic) bond motifs is 1. The van der Waals surface area contributed by atoms with Gasteiger partial charge in [-0.3, -0.25) is 14.4 Å². The van der Waals surface area contributed by atoms with E-state index in [-0.39, 0.29) is 35.9 Å². The summed E-state index contributed by atoms with van der Waals surface area (Å²) in [4.78, 5) is 38.5. The number of ether oxygens (including phenoxy) is 1. The lowest BCUT2D eigenvalue weighted by molar-refractivity contribution is -0.121. The van der Waals surface area contributed by atoms with Crippen LogP contribution in [0.2, 0.25) is 0 Å². The van der Waals surface area contributed by atoms with E-state index in [1.54, 1.807) is 24.3 Å². The Bertz CT molecular complexity index is 902. The predicted octanol–water partition coefficient (Wildman–Crippen LogP) is 2.69. The van der Waals surface area contributed by atoms with Crippen molar-refractivity contribution in [3.8, 4) is 5.75 Å². The molecule has 0 aliphatic carbocycles. The van der Waals surface area contributed by atoms with Gasteiger partial charge in [0.15, 0.2) is 0 Å². The molecule has 0 spiro atoms. The molecule has 0 bridgehead atoms. The predicted molar refractivity (Wildman–Crippen MR) is 107 cm³/mol. The van der Waals surface area contributed by atoms with Gasteiger partial charge in [-0.25, -0.2) is 4.90 Å². The van der Waals surface area contributed by atoms with E-state index in [1.807, 2.05) is 30.3 Å². The van der Waals surface area contributed by atoms with Gasteiger partial charge in [-0.05, 0) is 18.2 Å². The lowest BCUT2D eigenvalue weighted by atomic mass is 10.0. The third-order valence-corrected chi connectivity index (χ3v) is 6.03. The first-order chi connectivity index (χ1) is 13.6. The zero-order chi connectivity index (χ0) is 19.5. The van der Waals surface area contributed by atoms with Gasteiger partial charge in [0.05, 0.1) is 29.3 Å². The minimum Gasteiger partial charge on any atom is -0.493 e. The number of amides is 3. The first kappa shape index (κ1) is 18.6. The van der Waals surface area contributed by atoms with Crippen molar-refractivity contribution < 1.29 is 19.1 Å². The number of nitrogens with zero attached hydrogens (tertiary/aromatic N) is 1. The SMILES string of the molecule is O=C(CS[C@@H]1CC(=O)N(c2ccccc2)C1=O)N[C@@H]1CCOc2ccccc21. The summed E-state index contributed by atoms with van der Waals surface area (Å²) in [5.41, 5.74) is 1.54. The Morgan fingerprint density at radius 1 is 1.11 bits per heavy atom. The van der Waals surface area contributed by atoms with Crippen LogP contribution in [0.1, 0.15) is 24.4 Å². The van der Waals surface area contributed by atoms with E-state index < -0.39 is 5.25 Å². The molecule has 144 valence electrons. The normalized spacial score (nSPS) is 21.2. The molecule has 3 amide bonds. The summed E-state index contributed by atoms with van der Waals surface area (Å²) in [5.74, 6) is 0.288. The maximum absolute atomic E-state index is 12.6. The molecule has 0 radical (unpaired) electrons. The average molecular weight is 396 g/mol. The van der Waals surface area contributed by atoms with Crippen molar-refractivity contribution in [2.24, 2.45) is 0 Å². The molecule has 4 rings (SSSR count). The number of hydrogen-bond donors (Lipinski definition) is 1. The van der Waals surface area contributed by atoms with Gasteiger partial charge in [-0.1, -0.05) is 36.4 Å². The Hall–Kier alpha value is -2.80. The lowest BCUT2D eigenvalue weighted by Gasteiger charge is -2.26. The number of imide groups is 1. The molecule has 2 heterocycles. The number of rotatable bonds is 5.